The fourth-order valence-electron chi connectivity index (χ4n) is 3.87. The van der Waals surface area contributed by atoms with Crippen molar-refractivity contribution in [3.05, 3.63) is 70.2 Å². The first kappa shape index (κ1) is 26.2. The van der Waals surface area contributed by atoms with Crippen LogP contribution in [0.5, 0.6) is 10.9 Å². The molecule has 192 valence electrons. The number of methoxy groups -OCH3 is 1. The van der Waals surface area contributed by atoms with Crippen molar-refractivity contribution in [2.24, 2.45) is 10.9 Å². The second kappa shape index (κ2) is 11.4. The normalized spacial score (nSPS) is 15.3. The van der Waals surface area contributed by atoms with E-state index in [9.17, 15) is 9.90 Å². The van der Waals surface area contributed by atoms with Crippen molar-refractivity contribution in [3.8, 4) is 22.1 Å². The average Bonchev–Trinajstić information content (AvgIpc) is 3.28. The molecule has 1 aliphatic rings. The van der Waals surface area contributed by atoms with Crippen molar-refractivity contribution >= 4 is 28.6 Å². The Morgan fingerprint density at radius 2 is 1.97 bits per heavy atom. The monoisotopic (exact) mass is 519 g/mol. The van der Waals surface area contributed by atoms with E-state index in [1.807, 2.05) is 58.0 Å². The minimum Gasteiger partial charge on any atom is -0.496 e. The van der Waals surface area contributed by atoms with E-state index in [1.165, 1.54) is 0 Å². The number of allylic oxidation sites excluding steroid dienone is 2. The third-order valence-corrected chi connectivity index (χ3v) is 6.84. The number of carbonyl (C=O) groups excluding carboxylic acids is 1. The third-order valence-electron chi connectivity index (χ3n) is 6.09. The smallest absolute Gasteiger partial charge is 0.296 e. The van der Waals surface area contributed by atoms with E-state index in [0.717, 1.165) is 39.3 Å². The van der Waals surface area contributed by atoms with E-state index < -0.39 is 0 Å². The molecule has 37 heavy (non-hydrogen) atoms. The maximum atomic E-state index is 13.3. The molecule has 1 atom stereocenters. The zero-order chi connectivity index (χ0) is 26.5. The van der Waals surface area contributed by atoms with Gasteiger partial charge in [-0.2, -0.15) is 0 Å². The molecule has 1 aliphatic heterocycles. The van der Waals surface area contributed by atoms with E-state index in [0.29, 0.717) is 32.9 Å². The number of hydrogen-bond acceptors (Lipinski definition) is 9. The van der Waals surface area contributed by atoms with Crippen LogP contribution < -0.4 is 14.8 Å². The molecule has 1 unspecified atom stereocenters. The molecule has 1 amide bonds. The summed E-state index contributed by atoms with van der Waals surface area (Å²) in [5.41, 5.74) is 6.35. The number of amides is 1. The minimum absolute atomic E-state index is 0.114. The van der Waals surface area contributed by atoms with E-state index in [1.54, 1.807) is 19.5 Å². The van der Waals surface area contributed by atoms with Gasteiger partial charge in [-0.1, -0.05) is 35.3 Å². The number of aryl methyl sites for hydroxylation is 2. The van der Waals surface area contributed by atoms with Crippen molar-refractivity contribution in [1.82, 2.24) is 15.2 Å². The van der Waals surface area contributed by atoms with Crippen LogP contribution in [0.25, 0.3) is 11.1 Å². The number of aliphatic hydroxyl groups is 1. The van der Waals surface area contributed by atoms with Crippen LogP contribution in [0.1, 0.15) is 35.5 Å². The number of aromatic nitrogens is 3. The maximum absolute atomic E-state index is 13.3. The number of nitrogens with one attached hydrogen (secondary N) is 1. The maximum Gasteiger partial charge on any atom is 0.296 e. The van der Waals surface area contributed by atoms with Crippen LogP contribution in [0.4, 0.5) is 5.13 Å². The van der Waals surface area contributed by atoms with E-state index in [2.05, 4.69) is 25.5 Å². The second-order valence-corrected chi connectivity index (χ2v) is 9.70. The van der Waals surface area contributed by atoms with Gasteiger partial charge >= 0.3 is 0 Å². The summed E-state index contributed by atoms with van der Waals surface area (Å²) >= 11 is 1.13. The van der Waals surface area contributed by atoms with Crippen LogP contribution >= 0.6 is 11.3 Å². The lowest BCUT2D eigenvalue weighted by atomic mass is 9.97. The van der Waals surface area contributed by atoms with Gasteiger partial charge in [0.05, 0.1) is 25.0 Å². The van der Waals surface area contributed by atoms with Crippen LogP contribution in [0.2, 0.25) is 0 Å². The van der Waals surface area contributed by atoms with Gasteiger partial charge in [0.15, 0.2) is 0 Å². The average molecular weight is 520 g/mol. The number of pyridine rings is 1. The first-order valence-corrected chi connectivity index (χ1v) is 12.5. The zero-order valence-corrected chi connectivity index (χ0v) is 22.2. The number of carbonyl (C=O) groups is 1. The zero-order valence-electron chi connectivity index (χ0n) is 21.4. The number of nitrogens with zero attached hydrogens (tertiary/aromatic N) is 4. The van der Waals surface area contributed by atoms with Gasteiger partial charge in [-0.3, -0.25) is 20.1 Å². The molecule has 3 aromatic rings. The van der Waals surface area contributed by atoms with Crippen molar-refractivity contribution in [1.29, 1.82) is 0 Å². The highest BCUT2D eigenvalue weighted by atomic mass is 32.1. The Morgan fingerprint density at radius 1 is 1.16 bits per heavy atom. The van der Waals surface area contributed by atoms with Crippen LogP contribution in [0, 0.1) is 19.8 Å². The summed E-state index contributed by atoms with van der Waals surface area (Å²) in [4.78, 5) is 21.9. The van der Waals surface area contributed by atoms with E-state index in [-0.39, 0.29) is 25.0 Å². The molecule has 9 nitrogen and oxygen atoms in total. The molecule has 0 saturated heterocycles. The Balaban J connectivity index is 1.50. The van der Waals surface area contributed by atoms with Crippen molar-refractivity contribution in [3.63, 3.8) is 0 Å². The molecule has 10 heteroatoms. The number of anilines is 1. The van der Waals surface area contributed by atoms with Crippen LogP contribution in [-0.4, -0.2) is 52.7 Å². The molecule has 4 rings (SSSR count). The number of rotatable bonds is 8. The lowest BCUT2D eigenvalue weighted by Gasteiger charge is -2.14. The van der Waals surface area contributed by atoms with Gasteiger partial charge < -0.3 is 14.6 Å². The largest absolute Gasteiger partial charge is 0.496 e. The van der Waals surface area contributed by atoms with Gasteiger partial charge in [0, 0.05) is 34.8 Å². The first-order valence-electron chi connectivity index (χ1n) is 11.7. The third kappa shape index (κ3) is 6.10. The standard InChI is InChI=1S/C27H29N5O4S/c1-15-6-7-24(35-5)22(8-15)21-10-17(3)28-12-23(21)25(34)30-26-31-32-27(37-26)36-14-19-11-29-20(13-33)9-16(2)18(19)4/h6-12,16,33H,13-14H2,1-5H3,(H,30,31,34). The first-order chi connectivity index (χ1) is 17.8. The summed E-state index contributed by atoms with van der Waals surface area (Å²) in [6.07, 6.45) is 5.19. The fraction of sp³-hybridized carbons (Fsp3) is 0.296. The molecule has 3 heterocycles. The molecule has 2 aromatic heterocycles. The molecule has 0 saturated carbocycles. The molecule has 0 spiro atoms. The Kier molecular flexibility index (Phi) is 8.10. The Hall–Kier alpha value is -3.89. The minimum atomic E-state index is -0.361. The van der Waals surface area contributed by atoms with Crippen LogP contribution in [0.15, 0.2) is 58.4 Å². The molecular weight excluding hydrogens is 490 g/mol. The van der Waals surface area contributed by atoms with Crippen molar-refractivity contribution < 1.29 is 19.4 Å². The summed E-state index contributed by atoms with van der Waals surface area (Å²) in [5.74, 6) is 0.427. The van der Waals surface area contributed by atoms with Gasteiger partial charge in [0.1, 0.15) is 12.4 Å². The number of aliphatic imine (C=N–C) groups is 1. The number of ether oxygens (including phenoxy) is 2. The van der Waals surface area contributed by atoms with E-state index in [4.69, 9.17) is 9.47 Å². The van der Waals surface area contributed by atoms with Gasteiger partial charge in [-0.25, -0.2) is 0 Å². The van der Waals surface area contributed by atoms with Gasteiger partial charge in [-0.15, -0.1) is 5.10 Å². The predicted molar refractivity (Wildman–Crippen MR) is 145 cm³/mol. The molecule has 0 bridgehead atoms. The van der Waals surface area contributed by atoms with Gasteiger partial charge in [0.25, 0.3) is 11.1 Å². The van der Waals surface area contributed by atoms with Crippen molar-refractivity contribution in [2.75, 3.05) is 25.6 Å². The highest BCUT2D eigenvalue weighted by molar-refractivity contribution is 7.17. The summed E-state index contributed by atoms with van der Waals surface area (Å²) in [6, 6.07) is 7.69. The Bertz CT molecular complexity index is 1410. The number of hydrogen-bond donors (Lipinski definition) is 2. The highest BCUT2D eigenvalue weighted by Crippen LogP contribution is 2.34. The summed E-state index contributed by atoms with van der Waals surface area (Å²) in [5, 5.41) is 21.0. The predicted octanol–water partition coefficient (Wildman–Crippen LogP) is 4.77. The molecule has 0 aliphatic carbocycles. The lowest BCUT2D eigenvalue weighted by Crippen LogP contribution is -2.14. The molecule has 0 radical (unpaired) electrons. The molecule has 2 N–H and O–H groups in total. The molecule has 1 aromatic carbocycles. The highest BCUT2D eigenvalue weighted by Gasteiger charge is 2.19. The summed E-state index contributed by atoms with van der Waals surface area (Å²) in [7, 11) is 1.60. The van der Waals surface area contributed by atoms with Crippen LogP contribution in [-0.2, 0) is 0 Å². The Labute approximate surface area is 219 Å². The SMILES string of the molecule is COc1ccc(C)cc1-c1cc(C)ncc1C(=O)Nc1nnc(OCC2=C(C)C(C)C=C(CO)N=C2)s1. The van der Waals surface area contributed by atoms with Gasteiger partial charge in [-0.05, 0) is 56.2 Å². The lowest BCUT2D eigenvalue weighted by molar-refractivity contribution is 0.102. The number of benzene rings is 1. The topological polar surface area (TPSA) is 119 Å². The summed E-state index contributed by atoms with van der Waals surface area (Å²) in [6.45, 7) is 8.04. The molecule has 0 fully saturated rings. The van der Waals surface area contributed by atoms with Crippen molar-refractivity contribution in [2.45, 2.75) is 27.7 Å². The number of aliphatic hydroxyl groups excluding tert-OH is 1. The van der Waals surface area contributed by atoms with Crippen LogP contribution in [0.3, 0.4) is 0 Å². The Morgan fingerprint density at radius 3 is 2.73 bits per heavy atom. The molecular formula is C27H29N5O4S. The quantitative estimate of drug-likeness (QED) is 0.440. The summed E-state index contributed by atoms with van der Waals surface area (Å²) < 4.78 is 11.4. The fourth-order valence-corrected chi connectivity index (χ4v) is 4.47. The second-order valence-electron chi connectivity index (χ2n) is 8.76. The van der Waals surface area contributed by atoms with E-state index >= 15 is 0 Å². The van der Waals surface area contributed by atoms with Gasteiger partial charge in [0.2, 0.25) is 5.13 Å².